The molecule has 1 aromatic heterocycles. The third-order valence-electron chi connectivity index (χ3n) is 7.69. The molecule has 2 N–H and O–H groups in total. The third-order valence-corrected chi connectivity index (χ3v) is 8.76. The molecule has 0 aliphatic carbocycles. The number of nitrogens with one attached hydrogen (secondary N) is 2. The molecule has 0 spiro atoms. The molecular weight excluding hydrogens is 596 g/mol. The number of fused-ring (bicyclic) bond motifs is 1. The molecule has 46 heavy (non-hydrogen) atoms. The fourth-order valence-corrected chi connectivity index (χ4v) is 6.39. The number of aromatic nitrogens is 1. The topological polar surface area (TPSA) is 114 Å². The van der Waals surface area contributed by atoms with E-state index in [1.54, 1.807) is 23.5 Å². The lowest BCUT2D eigenvalue weighted by Crippen LogP contribution is -2.47. The Labute approximate surface area is 269 Å². The number of carbonyl (C=O) groups is 2. The maximum absolute atomic E-state index is 14.0. The van der Waals surface area contributed by atoms with Gasteiger partial charge in [0.05, 0.1) is 21.1 Å². The van der Waals surface area contributed by atoms with Gasteiger partial charge in [0, 0.05) is 29.8 Å². The molecule has 0 radical (unpaired) electrons. The zero-order valence-electron chi connectivity index (χ0n) is 24.9. The Morgan fingerprint density at radius 1 is 0.804 bits per heavy atom. The highest BCUT2D eigenvalue weighted by Gasteiger charge is 2.28. The summed E-state index contributed by atoms with van der Waals surface area (Å²) in [5.41, 5.74) is 5.82. The summed E-state index contributed by atoms with van der Waals surface area (Å²) in [6, 6.07) is 37.4. The summed E-state index contributed by atoms with van der Waals surface area (Å²) in [6.45, 7) is 2.05. The normalized spacial score (nSPS) is 11.7. The zero-order chi connectivity index (χ0) is 32.0. The predicted molar refractivity (Wildman–Crippen MR) is 182 cm³/mol. The Morgan fingerprint density at radius 2 is 1.43 bits per heavy atom. The van der Waals surface area contributed by atoms with Crippen molar-refractivity contribution in [2.75, 3.05) is 5.32 Å². The number of hydrogen-bond acceptors (Lipinski definition) is 6. The van der Waals surface area contributed by atoms with Gasteiger partial charge in [-0.3, -0.25) is 19.7 Å². The van der Waals surface area contributed by atoms with E-state index in [1.807, 2.05) is 97.1 Å². The first-order valence-electron chi connectivity index (χ1n) is 14.8. The molecule has 1 heterocycles. The van der Waals surface area contributed by atoms with Crippen LogP contribution in [-0.4, -0.2) is 27.8 Å². The largest absolute Gasteiger partial charge is 0.343 e. The SMILES string of the molecule is Cc1ccc2nc(-c3ccc(NC(=O)[C@H](Cc4ccc([N+](=O)[O-])cc4)NC(=O)C(c4ccccc4)c4ccccc4)cc3)sc2c1. The Hall–Kier alpha value is -5.67. The van der Waals surface area contributed by atoms with Gasteiger partial charge in [-0.25, -0.2) is 4.98 Å². The third kappa shape index (κ3) is 7.00. The van der Waals surface area contributed by atoms with Crippen molar-refractivity contribution in [3.05, 3.63) is 160 Å². The fourth-order valence-electron chi connectivity index (χ4n) is 5.32. The molecule has 0 bridgehead atoms. The second kappa shape index (κ2) is 13.5. The second-order valence-corrected chi connectivity index (χ2v) is 12.0. The quantitative estimate of drug-likeness (QED) is 0.120. The number of aryl methyl sites for hydroxylation is 1. The minimum atomic E-state index is -0.962. The molecule has 9 heteroatoms. The van der Waals surface area contributed by atoms with Crippen LogP contribution in [0.1, 0.15) is 28.2 Å². The van der Waals surface area contributed by atoms with Crippen LogP contribution in [0.2, 0.25) is 0 Å². The van der Waals surface area contributed by atoms with Crippen molar-refractivity contribution < 1.29 is 14.5 Å². The van der Waals surface area contributed by atoms with E-state index in [2.05, 4.69) is 23.6 Å². The van der Waals surface area contributed by atoms with Crippen LogP contribution >= 0.6 is 11.3 Å². The monoisotopic (exact) mass is 626 g/mol. The minimum absolute atomic E-state index is 0.0506. The van der Waals surface area contributed by atoms with Crippen LogP contribution in [0.15, 0.2) is 127 Å². The molecule has 1 atom stereocenters. The summed E-state index contributed by atoms with van der Waals surface area (Å²) in [5, 5.41) is 18.0. The molecule has 0 fully saturated rings. The van der Waals surface area contributed by atoms with Gasteiger partial charge in [0.2, 0.25) is 11.8 Å². The van der Waals surface area contributed by atoms with Crippen molar-refractivity contribution in [3.8, 4) is 10.6 Å². The van der Waals surface area contributed by atoms with Crippen LogP contribution in [0.25, 0.3) is 20.8 Å². The number of carbonyl (C=O) groups excluding carboxylic acids is 2. The average Bonchev–Trinajstić information content (AvgIpc) is 3.49. The van der Waals surface area contributed by atoms with E-state index >= 15 is 0 Å². The molecular formula is C37H30N4O4S. The lowest BCUT2D eigenvalue weighted by Gasteiger charge is -2.23. The lowest BCUT2D eigenvalue weighted by molar-refractivity contribution is -0.384. The van der Waals surface area contributed by atoms with Gasteiger partial charge in [0.25, 0.3) is 5.69 Å². The molecule has 2 amide bonds. The number of hydrogen-bond donors (Lipinski definition) is 2. The van der Waals surface area contributed by atoms with E-state index in [4.69, 9.17) is 4.98 Å². The summed E-state index contributed by atoms with van der Waals surface area (Å²) < 4.78 is 1.11. The molecule has 6 rings (SSSR count). The maximum Gasteiger partial charge on any atom is 0.269 e. The first kappa shape index (κ1) is 30.4. The number of nitro groups is 1. The molecule has 0 aliphatic rings. The molecule has 0 saturated carbocycles. The van der Waals surface area contributed by atoms with E-state index < -0.39 is 22.8 Å². The van der Waals surface area contributed by atoms with Crippen molar-refractivity contribution in [1.82, 2.24) is 10.3 Å². The zero-order valence-corrected chi connectivity index (χ0v) is 25.7. The van der Waals surface area contributed by atoms with Gasteiger partial charge < -0.3 is 10.6 Å². The van der Waals surface area contributed by atoms with Gasteiger partial charge in [-0.05, 0) is 65.6 Å². The van der Waals surface area contributed by atoms with Crippen LogP contribution in [-0.2, 0) is 16.0 Å². The van der Waals surface area contributed by atoms with E-state index in [0.29, 0.717) is 11.3 Å². The number of nitro benzene ring substituents is 1. The second-order valence-electron chi connectivity index (χ2n) is 11.0. The van der Waals surface area contributed by atoms with Crippen molar-refractivity contribution in [3.63, 3.8) is 0 Å². The summed E-state index contributed by atoms with van der Waals surface area (Å²) in [6.07, 6.45) is 0.134. The molecule has 5 aromatic carbocycles. The van der Waals surface area contributed by atoms with Gasteiger partial charge in [-0.15, -0.1) is 11.3 Å². The average molecular weight is 627 g/mol. The highest BCUT2D eigenvalue weighted by Crippen LogP contribution is 2.31. The van der Waals surface area contributed by atoms with Crippen molar-refractivity contribution in [2.24, 2.45) is 0 Å². The minimum Gasteiger partial charge on any atom is -0.343 e. The summed E-state index contributed by atoms with van der Waals surface area (Å²) in [7, 11) is 0. The number of non-ortho nitro benzene ring substituents is 1. The summed E-state index contributed by atoms with van der Waals surface area (Å²) in [4.78, 5) is 43.2. The van der Waals surface area contributed by atoms with Crippen LogP contribution in [0.5, 0.6) is 0 Å². The molecule has 0 aliphatic heterocycles. The number of thiazole rings is 1. The highest BCUT2D eigenvalue weighted by molar-refractivity contribution is 7.21. The van der Waals surface area contributed by atoms with Gasteiger partial charge in [0.15, 0.2) is 0 Å². The highest BCUT2D eigenvalue weighted by atomic mass is 32.1. The Morgan fingerprint density at radius 3 is 2.04 bits per heavy atom. The number of nitrogens with zero attached hydrogens (tertiary/aromatic N) is 2. The standard InChI is InChI=1S/C37H30N4O4S/c1-24-12-21-31-33(22-24)46-37(40-31)28-15-17-29(18-16-28)38-35(42)32(23-25-13-19-30(20-14-25)41(44)45)39-36(43)34(26-8-4-2-5-9-26)27-10-6-3-7-11-27/h2-22,32,34H,23H2,1H3,(H,38,42)(H,39,43)/t32-/m0/s1. The molecule has 228 valence electrons. The van der Waals surface area contributed by atoms with E-state index in [1.165, 1.54) is 17.7 Å². The van der Waals surface area contributed by atoms with Gasteiger partial charge in [0.1, 0.15) is 11.0 Å². The fraction of sp³-hybridized carbons (Fsp3) is 0.108. The van der Waals surface area contributed by atoms with E-state index in [-0.39, 0.29) is 18.0 Å². The first-order valence-corrected chi connectivity index (χ1v) is 15.6. The smallest absolute Gasteiger partial charge is 0.269 e. The Bertz CT molecular complexity index is 1950. The maximum atomic E-state index is 14.0. The van der Waals surface area contributed by atoms with Crippen molar-refractivity contribution in [1.29, 1.82) is 0 Å². The summed E-state index contributed by atoms with van der Waals surface area (Å²) in [5.74, 6) is -1.39. The predicted octanol–water partition coefficient (Wildman–Crippen LogP) is 7.68. The van der Waals surface area contributed by atoms with Crippen LogP contribution in [0.3, 0.4) is 0 Å². The number of amides is 2. The number of benzene rings is 5. The van der Waals surface area contributed by atoms with E-state index in [9.17, 15) is 19.7 Å². The van der Waals surface area contributed by atoms with Crippen molar-refractivity contribution >= 4 is 44.7 Å². The summed E-state index contributed by atoms with van der Waals surface area (Å²) >= 11 is 1.61. The first-order chi connectivity index (χ1) is 22.3. The number of rotatable bonds is 10. The van der Waals surface area contributed by atoms with Crippen LogP contribution in [0, 0.1) is 17.0 Å². The van der Waals surface area contributed by atoms with Gasteiger partial charge in [-0.2, -0.15) is 0 Å². The van der Waals surface area contributed by atoms with Crippen LogP contribution in [0.4, 0.5) is 11.4 Å². The van der Waals surface area contributed by atoms with Gasteiger partial charge in [-0.1, -0.05) is 78.9 Å². The van der Waals surface area contributed by atoms with Crippen molar-refractivity contribution in [2.45, 2.75) is 25.3 Å². The molecule has 6 aromatic rings. The van der Waals surface area contributed by atoms with Gasteiger partial charge >= 0.3 is 0 Å². The molecule has 0 unspecified atom stereocenters. The van der Waals surface area contributed by atoms with E-state index in [0.717, 1.165) is 31.9 Å². The Balaban J connectivity index is 1.25. The van der Waals surface area contributed by atoms with Crippen LogP contribution < -0.4 is 10.6 Å². The molecule has 8 nitrogen and oxygen atoms in total. The number of anilines is 1. The molecule has 0 saturated heterocycles. The Kier molecular flexibility index (Phi) is 8.94. The lowest BCUT2D eigenvalue weighted by atomic mass is 9.90.